The number of rotatable bonds is 2. The first kappa shape index (κ1) is 9.48. The maximum atomic E-state index is 11.1. The Kier molecular flexibility index (Phi) is 3.05. The molecule has 0 N–H and O–H groups in total. The molecule has 0 spiro atoms. The molecule has 0 aliphatic carbocycles. The Hall–Kier alpha value is -0.610. The summed E-state index contributed by atoms with van der Waals surface area (Å²) in [6.45, 7) is 1.91. The van der Waals surface area contributed by atoms with Gasteiger partial charge in [-0.2, -0.15) is 0 Å². The third kappa shape index (κ3) is 1.76. The van der Waals surface area contributed by atoms with Crippen molar-refractivity contribution in [1.82, 2.24) is 4.98 Å². The van der Waals surface area contributed by atoms with Crippen molar-refractivity contribution in [2.24, 2.45) is 0 Å². The summed E-state index contributed by atoms with van der Waals surface area (Å²) in [5.41, 5.74) is 0.705. The van der Waals surface area contributed by atoms with Crippen molar-refractivity contribution in [2.45, 2.75) is 13.3 Å². The van der Waals surface area contributed by atoms with Gasteiger partial charge in [-0.05, 0) is 6.42 Å². The Morgan fingerprint density at radius 2 is 2.42 bits per heavy atom. The lowest BCUT2D eigenvalue weighted by Gasteiger charge is -1.95. The van der Waals surface area contributed by atoms with Gasteiger partial charge in [0.2, 0.25) is 0 Å². The van der Waals surface area contributed by atoms with Crippen molar-refractivity contribution in [3.8, 4) is 0 Å². The van der Waals surface area contributed by atoms with E-state index < -0.39 is 0 Å². The molecule has 0 atom stereocenters. The van der Waals surface area contributed by atoms with Gasteiger partial charge in [0.25, 0.3) is 0 Å². The second-order valence-corrected chi connectivity index (χ2v) is 3.67. The molecule has 0 saturated carbocycles. The minimum absolute atomic E-state index is 0.365. The van der Waals surface area contributed by atoms with Crippen LogP contribution in [0, 0.1) is 0 Å². The summed E-state index contributed by atoms with van der Waals surface area (Å²) in [4.78, 5) is 15.6. The van der Waals surface area contributed by atoms with E-state index in [1.165, 1.54) is 7.11 Å². The van der Waals surface area contributed by atoms with Crippen molar-refractivity contribution in [1.29, 1.82) is 0 Å². The number of aryl methyl sites for hydroxylation is 1. The minimum Gasteiger partial charge on any atom is -0.465 e. The van der Waals surface area contributed by atoms with E-state index in [-0.39, 0.29) is 5.97 Å². The zero-order chi connectivity index (χ0) is 9.14. The first-order chi connectivity index (χ1) is 5.69. The molecule has 66 valence electrons. The minimum atomic E-state index is -0.365. The third-order valence-electron chi connectivity index (χ3n) is 1.38. The molecule has 0 amide bonds. The topological polar surface area (TPSA) is 39.2 Å². The van der Waals surface area contributed by atoms with Gasteiger partial charge >= 0.3 is 5.97 Å². The number of thiazole rings is 1. The van der Waals surface area contributed by atoms with E-state index in [0.717, 1.165) is 11.3 Å². The van der Waals surface area contributed by atoms with Crippen molar-refractivity contribution in [3.63, 3.8) is 0 Å². The molecule has 0 radical (unpaired) electrons. The standard InChI is InChI=1S/C7H8ClNO2S/c1-3-4-5(6(10)11-2)12-7(8)9-4/h3H2,1-2H3. The fraction of sp³-hybridized carbons (Fsp3) is 0.429. The molecule has 1 aromatic heterocycles. The molecule has 5 heteroatoms. The molecule has 0 aromatic carbocycles. The number of ether oxygens (including phenoxy) is 1. The number of aromatic nitrogens is 1. The van der Waals surface area contributed by atoms with E-state index >= 15 is 0 Å². The molecular formula is C7H8ClNO2S. The highest BCUT2D eigenvalue weighted by Gasteiger charge is 2.15. The van der Waals surface area contributed by atoms with Crippen LogP contribution in [0.1, 0.15) is 22.3 Å². The molecule has 3 nitrogen and oxygen atoms in total. The molecule has 0 saturated heterocycles. The molecule has 1 aromatic rings. The van der Waals surface area contributed by atoms with Crippen LogP contribution in [-0.4, -0.2) is 18.1 Å². The second-order valence-electron chi connectivity index (χ2n) is 2.09. The molecule has 1 rings (SSSR count). The first-order valence-electron chi connectivity index (χ1n) is 3.42. The lowest BCUT2D eigenvalue weighted by Crippen LogP contribution is -2.01. The fourth-order valence-corrected chi connectivity index (χ4v) is 1.95. The maximum Gasteiger partial charge on any atom is 0.350 e. The first-order valence-corrected chi connectivity index (χ1v) is 4.62. The third-order valence-corrected chi connectivity index (χ3v) is 2.56. The van der Waals surface area contributed by atoms with Gasteiger partial charge in [0.1, 0.15) is 4.88 Å². The molecular weight excluding hydrogens is 198 g/mol. The summed E-state index contributed by atoms with van der Waals surface area (Å²) in [6.07, 6.45) is 0.688. The van der Waals surface area contributed by atoms with Crippen LogP contribution in [0.25, 0.3) is 0 Å². The molecule has 0 aliphatic rings. The average Bonchev–Trinajstić information content (AvgIpc) is 2.45. The second kappa shape index (κ2) is 3.87. The van der Waals surface area contributed by atoms with Gasteiger partial charge in [-0.25, -0.2) is 9.78 Å². The zero-order valence-corrected chi connectivity index (χ0v) is 8.33. The number of methoxy groups -OCH3 is 1. The van der Waals surface area contributed by atoms with Crippen LogP contribution in [0.3, 0.4) is 0 Å². The van der Waals surface area contributed by atoms with Crippen LogP contribution in [0.15, 0.2) is 0 Å². The van der Waals surface area contributed by atoms with E-state index in [0.29, 0.717) is 21.5 Å². The molecule has 0 aliphatic heterocycles. The molecule has 12 heavy (non-hydrogen) atoms. The molecule has 0 bridgehead atoms. The van der Waals surface area contributed by atoms with Gasteiger partial charge < -0.3 is 4.74 Å². The maximum absolute atomic E-state index is 11.1. The van der Waals surface area contributed by atoms with E-state index in [2.05, 4.69) is 9.72 Å². The van der Waals surface area contributed by atoms with E-state index in [4.69, 9.17) is 11.6 Å². The van der Waals surface area contributed by atoms with Crippen molar-refractivity contribution in [3.05, 3.63) is 15.0 Å². The summed E-state index contributed by atoms with van der Waals surface area (Å²) < 4.78 is 4.95. The monoisotopic (exact) mass is 205 g/mol. The number of hydrogen-bond donors (Lipinski definition) is 0. The molecule has 0 fully saturated rings. The van der Waals surface area contributed by atoms with Crippen LogP contribution in [-0.2, 0) is 11.2 Å². The van der Waals surface area contributed by atoms with Crippen molar-refractivity contribution >= 4 is 28.9 Å². The predicted molar refractivity (Wildman–Crippen MR) is 47.8 cm³/mol. The fourth-order valence-electron chi connectivity index (χ4n) is 0.815. The summed E-state index contributed by atoms with van der Waals surface area (Å²) in [5.74, 6) is -0.365. The Balaban J connectivity index is 3.04. The van der Waals surface area contributed by atoms with E-state index in [9.17, 15) is 4.79 Å². The number of carbonyl (C=O) groups excluding carboxylic acids is 1. The lowest BCUT2D eigenvalue weighted by atomic mass is 10.3. The summed E-state index contributed by atoms with van der Waals surface area (Å²) in [7, 11) is 1.34. The summed E-state index contributed by atoms with van der Waals surface area (Å²) >= 11 is 6.80. The molecule has 0 unspecified atom stereocenters. The average molecular weight is 206 g/mol. The predicted octanol–water partition coefficient (Wildman–Crippen LogP) is 2.15. The van der Waals surface area contributed by atoms with Gasteiger partial charge in [-0.1, -0.05) is 29.9 Å². The number of hydrogen-bond acceptors (Lipinski definition) is 4. The van der Waals surface area contributed by atoms with Crippen LogP contribution in [0.4, 0.5) is 0 Å². The summed E-state index contributed by atoms with van der Waals surface area (Å²) in [5, 5.41) is 0. The van der Waals surface area contributed by atoms with Crippen molar-refractivity contribution in [2.75, 3.05) is 7.11 Å². The van der Waals surface area contributed by atoms with Crippen LogP contribution in [0.2, 0.25) is 4.47 Å². The SMILES string of the molecule is CCc1nc(Cl)sc1C(=O)OC. The Bertz CT molecular complexity index is 298. The Morgan fingerprint density at radius 1 is 1.75 bits per heavy atom. The van der Waals surface area contributed by atoms with E-state index in [1.807, 2.05) is 6.92 Å². The van der Waals surface area contributed by atoms with E-state index in [1.54, 1.807) is 0 Å². The highest BCUT2D eigenvalue weighted by molar-refractivity contribution is 7.17. The lowest BCUT2D eigenvalue weighted by molar-refractivity contribution is 0.0605. The number of esters is 1. The highest BCUT2D eigenvalue weighted by Crippen LogP contribution is 2.23. The smallest absolute Gasteiger partial charge is 0.350 e. The van der Waals surface area contributed by atoms with Crippen LogP contribution >= 0.6 is 22.9 Å². The Labute approximate surface area is 79.3 Å². The quantitative estimate of drug-likeness (QED) is 0.695. The van der Waals surface area contributed by atoms with Gasteiger partial charge in [0.15, 0.2) is 4.47 Å². The van der Waals surface area contributed by atoms with Crippen LogP contribution in [0.5, 0.6) is 0 Å². The largest absolute Gasteiger partial charge is 0.465 e. The van der Waals surface area contributed by atoms with Gasteiger partial charge in [0, 0.05) is 0 Å². The number of nitrogens with zero attached hydrogens (tertiary/aromatic N) is 1. The Morgan fingerprint density at radius 3 is 2.92 bits per heavy atom. The number of carbonyl (C=O) groups is 1. The summed E-state index contributed by atoms with van der Waals surface area (Å²) in [6, 6.07) is 0. The zero-order valence-electron chi connectivity index (χ0n) is 6.76. The van der Waals surface area contributed by atoms with Gasteiger partial charge in [-0.15, -0.1) is 0 Å². The van der Waals surface area contributed by atoms with Crippen LogP contribution < -0.4 is 0 Å². The van der Waals surface area contributed by atoms with Gasteiger partial charge in [0.05, 0.1) is 12.8 Å². The number of halogens is 1. The molecule has 1 heterocycles. The van der Waals surface area contributed by atoms with Gasteiger partial charge in [-0.3, -0.25) is 0 Å². The van der Waals surface area contributed by atoms with Crippen molar-refractivity contribution < 1.29 is 9.53 Å². The highest BCUT2D eigenvalue weighted by atomic mass is 35.5. The normalized spacial score (nSPS) is 9.92.